The molecular weight excluding hydrogens is 504 g/mol. The van der Waals surface area contributed by atoms with Gasteiger partial charge in [-0.15, -0.1) is 0 Å². The molecule has 0 fully saturated rings. The third-order valence-corrected chi connectivity index (χ3v) is 5.69. The second kappa shape index (κ2) is 14.6. The zero-order valence-electron chi connectivity index (χ0n) is 19.8. The number of aliphatic carboxylic acids is 2. The van der Waals surface area contributed by atoms with Gasteiger partial charge in [0, 0.05) is 36.9 Å². The maximum atomic E-state index is 13.0. The Morgan fingerprint density at radius 3 is 2.11 bits per heavy atom. The highest BCUT2D eigenvalue weighted by Crippen LogP contribution is 2.07. The van der Waals surface area contributed by atoms with Gasteiger partial charge < -0.3 is 36.9 Å². The quantitative estimate of drug-likeness (QED) is 0.129. The number of nitrogens with zero attached hydrogens (tertiary/aromatic N) is 1. The number of carboxylic acids is 2. The first-order chi connectivity index (χ1) is 17.6. The van der Waals surface area contributed by atoms with Crippen LogP contribution in [-0.2, 0) is 36.8 Å². The molecule has 0 aliphatic rings. The minimum Gasteiger partial charge on any atom is -0.481 e. The van der Waals surface area contributed by atoms with Crippen LogP contribution in [0.25, 0.3) is 0 Å². The molecule has 0 bridgehead atoms. The number of aromatic amines is 1. The molecule has 14 heteroatoms. The molecule has 1 aromatic carbocycles. The number of nitrogens with two attached hydrogens (primary N) is 1. The Balaban J connectivity index is 2.11. The van der Waals surface area contributed by atoms with E-state index in [4.69, 9.17) is 10.8 Å². The van der Waals surface area contributed by atoms with Gasteiger partial charge in [-0.05, 0) is 12.0 Å². The van der Waals surface area contributed by atoms with E-state index < -0.39 is 60.2 Å². The van der Waals surface area contributed by atoms with Gasteiger partial charge in [-0.3, -0.25) is 19.2 Å². The normalized spacial score (nSPS) is 14.0. The van der Waals surface area contributed by atoms with E-state index in [0.717, 1.165) is 0 Å². The number of amides is 3. The van der Waals surface area contributed by atoms with Crippen LogP contribution in [0.15, 0.2) is 42.9 Å². The summed E-state index contributed by atoms with van der Waals surface area (Å²) in [6.07, 6.45) is 2.31. The lowest BCUT2D eigenvalue weighted by atomic mass is 10.0. The molecule has 0 radical (unpaired) electrons. The van der Waals surface area contributed by atoms with Crippen LogP contribution in [0.3, 0.4) is 0 Å². The van der Waals surface area contributed by atoms with Gasteiger partial charge in [0.05, 0.1) is 12.4 Å². The van der Waals surface area contributed by atoms with Gasteiger partial charge in [-0.2, -0.15) is 12.6 Å². The van der Waals surface area contributed by atoms with Crippen molar-refractivity contribution in [3.8, 4) is 0 Å². The highest BCUT2D eigenvalue weighted by Gasteiger charge is 2.30. The van der Waals surface area contributed by atoms with Crippen LogP contribution in [0.2, 0.25) is 0 Å². The molecule has 3 amide bonds. The lowest BCUT2D eigenvalue weighted by Gasteiger charge is -2.24. The molecule has 2 aromatic rings. The van der Waals surface area contributed by atoms with Crippen molar-refractivity contribution in [3.05, 3.63) is 54.1 Å². The van der Waals surface area contributed by atoms with E-state index in [1.807, 2.05) is 0 Å². The van der Waals surface area contributed by atoms with Gasteiger partial charge in [0.15, 0.2) is 0 Å². The van der Waals surface area contributed by atoms with E-state index >= 15 is 0 Å². The molecule has 0 saturated heterocycles. The maximum Gasteiger partial charge on any atom is 0.326 e. The maximum absolute atomic E-state index is 13.0. The second-order valence-corrected chi connectivity index (χ2v) is 8.58. The average Bonchev–Trinajstić information content (AvgIpc) is 3.37. The molecule has 0 saturated carbocycles. The molecule has 1 aromatic heterocycles. The molecule has 0 spiro atoms. The molecule has 2 rings (SSSR count). The first-order valence-corrected chi connectivity index (χ1v) is 12.0. The van der Waals surface area contributed by atoms with E-state index in [0.29, 0.717) is 11.3 Å². The van der Waals surface area contributed by atoms with Crippen molar-refractivity contribution in [1.29, 1.82) is 0 Å². The Morgan fingerprint density at radius 1 is 0.919 bits per heavy atom. The molecule has 0 aliphatic carbocycles. The molecule has 13 nitrogen and oxygen atoms in total. The van der Waals surface area contributed by atoms with Crippen molar-refractivity contribution >= 4 is 42.3 Å². The fraction of sp³-hybridized carbons (Fsp3) is 0.391. The standard InChI is InChI=1S/C23H30N6O7S/c24-15(9-14-10-25-12-26-14)20(32)29-18(11-37)22(34)28-17(8-13-4-2-1-3-5-13)21(33)27-16(23(35)36)6-7-19(30)31/h1-5,10,12,15-18,37H,6-9,11,24H2,(H,25,26)(H,27,33)(H,28,34)(H,29,32)(H,30,31)(H,35,36). The number of imidazole rings is 1. The molecule has 37 heavy (non-hydrogen) atoms. The van der Waals surface area contributed by atoms with Gasteiger partial charge in [0.25, 0.3) is 0 Å². The summed E-state index contributed by atoms with van der Waals surface area (Å²) >= 11 is 4.12. The zero-order valence-corrected chi connectivity index (χ0v) is 20.7. The molecule has 1 heterocycles. The Labute approximate surface area is 218 Å². The van der Waals surface area contributed by atoms with Crippen LogP contribution in [0, 0.1) is 0 Å². The highest BCUT2D eigenvalue weighted by atomic mass is 32.1. The topological polar surface area (TPSA) is 217 Å². The summed E-state index contributed by atoms with van der Waals surface area (Å²) in [4.78, 5) is 67.6. The minimum atomic E-state index is -1.47. The number of hydrogen-bond acceptors (Lipinski definition) is 8. The van der Waals surface area contributed by atoms with Crippen LogP contribution in [0.1, 0.15) is 24.1 Å². The van der Waals surface area contributed by atoms with Gasteiger partial charge in [-0.25, -0.2) is 9.78 Å². The number of thiol groups is 1. The summed E-state index contributed by atoms with van der Waals surface area (Å²) in [6.45, 7) is 0. The number of carboxylic acid groups (broad SMARTS) is 2. The monoisotopic (exact) mass is 534 g/mol. The van der Waals surface area contributed by atoms with Gasteiger partial charge in [0.2, 0.25) is 17.7 Å². The summed E-state index contributed by atoms with van der Waals surface area (Å²) in [6, 6.07) is 3.85. The van der Waals surface area contributed by atoms with E-state index in [2.05, 4.69) is 38.5 Å². The predicted octanol–water partition coefficient (Wildman–Crippen LogP) is -1.14. The number of aromatic nitrogens is 2. The number of H-pyrrole nitrogens is 1. The highest BCUT2D eigenvalue weighted by molar-refractivity contribution is 7.80. The summed E-state index contributed by atoms with van der Waals surface area (Å²) in [5.41, 5.74) is 7.22. The summed E-state index contributed by atoms with van der Waals surface area (Å²) in [5, 5.41) is 25.6. The molecular formula is C23H30N6O7S. The van der Waals surface area contributed by atoms with E-state index in [1.165, 1.54) is 12.5 Å². The summed E-state index contributed by atoms with van der Waals surface area (Å²) in [5.74, 6) is -4.91. The Hall–Kier alpha value is -3.91. The van der Waals surface area contributed by atoms with Crippen molar-refractivity contribution < 1.29 is 34.2 Å². The third kappa shape index (κ3) is 9.93. The van der Waals surface area contributed by atoms with Crippen LogP contribution >= 0.6 is 12.6 Å². The summed E-state index contributed by atoms with van der Waals surface area (Å²) in [7, 11) is 0. The number of nitrogens with one attached hydrogen (secondary N) is 4. The molecule has 0 aliphatic heterocycles. The number of benzene rings is 1. The first kappa shape index (κ1) is 29.3. The number of rotatable bonds is 15. The number of hydrogen-bond donors (Lipinski definition) is 8. The van der Waals surface area contributed by atoms with Crippen molar-refractivity contribution in [3.63, 3.8) is 0 Å². The average molecular weight is 535 g/mol. The lowest BCUT2D eigenvalue weighted by molar-refractivity contribution is -0.143. The Kier molecular flexibility index (Phi) is 11.6. The Bertz CT molecular complexity index is 1070. The van der Waals surface area contributed by atoms with Crippen molar-refractivity contribution in [1.82, 2.24) is 25.9 Å². The van der Waals surface area contributed by atoms with E-state index in [1.54, 1.807) is 30.3 Å². The van der Waals surface area contributed by atoms with Crippen LogP contribution in [0.4, 0.5) is 0 Å². The largest absolute Gasteiger partial charge is 0.481 e. The van der Waals surface area contributed by atoms with Crippen molar-refractivity contribution in [2.24, 2.45) is 5.73 Å². The minimum absolute atomic E-state index is 0.0102. The Morgan fingerprint density at radius 2 is 1.54 bits per heavy atom. The predicted molar refractivity (Wildman–Crippen MR) is 135 cm³/mol. The fourth-order valence-corrected chi connectivity index (χ4v) is 3.58. The second-order valence-electron chi connectivity index (χ2n) is 8.21. The smallest absolute Gasteiger partial charge is 0.326 e. The first-order valence-electron chi connectivity index (χ1n) is 11.3. The van der Waals surface area contributed by atoms with Crippen molar-refractivity contribution in [2.75, 3.05) is 5.75 Å². The fourth-order valence-electron chi connectivity index (χ4n) is 3.33. The molecule has 4 unspecified atom stereocenters. The van der Waals surface area contributed by atoms with Crippen LogP contribution < -0.4 is 21.7 Å². The van der Waals surface area contributed by atoms with Gasteiger partial charge in [0.1, 0.15) is 18.1 Å². The zero-order chi connectivity index (χ0) is 27.4. The molecule has 200 valence electrons. The van der Waals surface area contributed by atoms with E-state index in [-0.39, 0.29) is 25.0 Å². The van der Waals surface area contributed by atoms with E-state index in [9.17, 15) is 29.1 Å². The van der Waals surface area contributed by atoms with Crippen molar-refractivity contribution in [2.45, 2.75) is 49.9 Å². The third-order valence-electron chi connectivity index (χ3n) is 5.32. The van der Waals surface area contributed by atoms with Gasteiger partial charge >= 0.3 is 11.9 Å². The number of carbonyl (C=O) groups excluding carboxylic acids is 3. The SMILES string of the molecule is NC(Cc1cnc[nH]1)C(=O)NC(CS)C(=O)NC(Cc1ccccc1)C(=O)NC(CCC(=O)O)C(=O)O. The van der Waals surface area contributed by atoms with Gasteiger partial charge in [-0.1, -0.05) is 30.3 Å². The summed E-state index contributed by atoms with van der Waals surface area (Å²) < 4.78 is 0. The van der Waals surface area contributed by atoms with Crippen LogP contribution in [0.5, 0.6) is 0 Å². The molecule has 8 N–H and O–H groups in total. The lowest BCUT2D eigenvalue weighted by Crippen LogP contribution is -2.58. The molecule has 4 atom stereocenters. The number of carbonyl (C=O) groups is 5. The van der Waals surface area contributed by atoms with Crippen LogP contribution in [-0.4, -0.2) is 79.8 Å².